The average Bonchev–Trinajstić information content (AvgIpc) is 3.19. The van der Waals surface area contributed by atoms with E-state index in [1.165, 1.54) is 55.7 Å². The van der Waals surface area contributed by atoms with Crippen LogP contribution in [0.3, 0.4) is 0 Å². The van der Waals surface area contributed by atoms with Crippen LogP contribution in [0.25, 0.3) is 27.6 Å². The maximum absolute atomic E-state index is 2.51. The van der Waals surface area contributed by atoms with E-state index in [4.69, 9.17) is 0 Å². The predicted molar refractivity (Wildman–Crippen MR) is 101 cm³/mol. The van der Waals surface area contributed by atoms with E-state index in [0.717, 1.165) is 12.8 Å². The Bertz CT molecular complexity index is 1200. The quantitative estimate of drug-likeness (QED) is 0.350. The summed E-state index contributed by atoms with van der Waals surface area (Å²) in [5.74, 6) is 0. The summed E-state index contributed by atoms with van der Waals surface area (Å²) in [7, 11) is 0. The highest BCUT2D eigenvalue weighted by Gasteiger charge is 2.36. The number of para-hydroxylation sites is 1. The number of pyridine rings is 1. The molecule has 0 spiro atoms. The second kappa shape index (κ2) is 4.58. The average molecular weight is 320 g/mol. The highest BCUT2D eigenvalue weighted by Crippen LogP contribution is 2.42. The molecule has 0 atom stereocenters. The molecule has 0 saturated carbocycles. The number of benzene rings is 3. The highest BCUT2D eigenvalue weighted by atomic mass is 15.0. The van der Waals surface area contributed by atoms with Gasteiger partial charge in [0.05, 0.1) is 18.4 Å². The minimum absolute atomic E-state index is 1.03. The van der Waals surface area contributed by atoms with Crippen LogP contribution in [0.4, 0.5) is 0 Å². The van der Waals surface area contributed by atoms with Crippen LogP contribution in [0.2, 0.25) is 0 Å². The molecule has 1 aromatic heterocycles. The molecule has 0 saturated heterocycles. The van der Waals surface area contributed by atoms with E-state index in [2.05, 4.69) is 78.2 Å². The Hall–Kier alpha value is -2.93. The molecule has 2 heterocycles. The zero-order chi connectivity index (χ0) is 16.5. The van der Waals surface area contributed by atoms with Crippen molar-refractivity contribution >= 4 is 10.8 Å². The molecule has 1 aliphatic carbocycles. The number of aromatic nitrogens is 1. The minimum Gasteiger partial charge on any atom is -0.160 e. The molecule has 4 aromatic rings. The van der Waals surface area contributed by atoms with E-state index >= 15 is 0 Å². The molecule has 6 rings (SSSR count). The lowest BCUT2D eigenvalue weighted by molar-refractivity contribution is -0.604. The molecule has 1 nitrogen and oxygen atoms in total. The minimum atomic E-state index is 1.03. The van der Waals surface area contributed by atoms with Gasteiger partial charge in [-0.25, -0.2) is 0 Å². The summed E-state index contributed by atoms with van der Waals surface area (Å²) in [4.78, 5) is 0. The van der Waals surface area contributed by atoms with Crippen LogP contribution < -0.4 is 4.57 Å². The van der Waals surface area contributed by atoms with Gasteiger partial charge in [0.15, 0.2) is 11.4 Å². The molecular formula is C24H18N+. The van der Waals surface area contributed by atoms with Crippen molar-refractivity contribution < 1.29 is 4.57 Å². The Morgan fingerprint density at radius 1 is 0.800 bits per heavy atom. The molecule has 2 aliphatic rings. The summed E-state index contributed by atoms with van der Waals surface area (Å²) in [6.07, 6.45) is 2.07. The van der Waals surface area contributed by atoms with Gasteiger partial charge in [-0.05, 0) is 46.5 Å². The lowest BCUT2D eigenvalue weighted by Gasteiger charge is -2.09. The van der Waals surface area contributed by atoms with Gasteiger partial charge in [-0.15, -0.1) is 0 Å². The molecule has 3 aromatic carbocycles. The Balaban J connectivity index is 1.68. The molecule has 0 N–H and O–H groups in total. The molecule has 25 heavy (non-hydrogen) atoms. The summed E-state index contributed by atoms with van der Waals surface area (Å²) in [5, 5.41) is 2.73. The van der Waals surface area contributed by atoms with E-state index in [-0.39, 0.29) is 0 Å². The highest BCUT2D eigenvalue weighted by molar-refractivity contribution is 5.95. The fraction of sp³-hybridized carbons (Fsp3) is 0.125. The maximum atomic E-state index is 2.51. The lowest BCUT2D eigenvalue weighted by atomic mass is 9.94. The lowest BCUT2D eigenvalue weighted by Crippen LogP contribution is -2.36. The van der Waals surface area contributed by atoms with Crippen molar-refractivity contribution in [3.05, 3.63) is 94.8 Å². The van der Waals surface area contributed by atoms with Gasteiger partial charge in [-0.2, -0.15) is 4.57 Å². The first-order chi connectivity index (χ1) is 12.3. The fourth-order valence-electron chi connectivity index (χ4n) is 4.85. The zero-order valence-electron chi connectivity index (χ0n) is 14.2. The van der Waals surface area contributed by atoms with Gasteiger partial charge < -0.3 is 0 Å². The van der Waals surface area contributed by atoms with E-state index in [1.54, 1.807) is 0 Å². The summed E-state index contributed by atoms with van der Waals surface area (Å²) in [6, 6.07) is 24.7. The molecule has 0 radical (unpaired) electrons. The van der Waals surface area contributed by atoms with Gasteiger partial charge in [-0.1, -0.05) is 42.5 Å². The van der Waals surface area contributed by atoms with Crippen LogP contribution in [-0.4, -0.2) is 0 Å². The van der Waals surface area contributed by atoms with Gasteiger partial charge in [0, 0.05) is 17.7 Å². The first-order valence-electron chi connectivity index (χ1n) is 8.98. The Kier molecular flexibility index (Phi) is 2.45. The van der Waals surface area contributed by atoms with E-state index < -0.39 is 0 Å². The number of aryl methyl sites for hydroxylation is 1. The molecule has 1 heteroatoms. The number of hydrogen-bond acceptors (Lipinski definition) is 0. The van der Waals surface area contributed by atoms with Crippen molar-refractivity contribution in [1.82, 2.24) is 0 Å². The Morgan fingerprint density at radius 2 is 1.64 bits per heavy atom. The zero-order valence-corrected chi connectivity index (χ0v) is 14.2. The third-order valence-corrected chi connectivity index (χ3v) is 5.93. The number of rotatable bonds is 0. The molecule has 1 aliphatic heterocycles. The SMILES string of the molecule is Cc1c2c(cc3ccccc13)Cc1c-2ccc2[n+]1-c1ccccc1C2. The Labute approximate surface area is 147 Å². The topological polar surface area (TPSA) is 3.88 Å². The molecule has 0 bridgehead atoms. The summed E-state index contributed by atoms with van der Waals surface area (Å²) in [6.45, 7) is 2.28. The van der Waals surface area contributed by atoms with Crippen molar-refractivity contribution in [2.75, 3.05) is 0 Å². The van der Waals surface area contributed by atoms with Crippen molar-refractivity contribution in [3.8, 4) is 16.8 Å². The van der Waals surface area contributed by atoms with Crippen LogP contribution in [0.5, 0.6) is 0 Å². The molecule has 0 amide bonds. The van der Waals surface area contributed by atoms with Gasteiger partial charge in [-0.3, -0.25) is 0 Å². The smallest absolute Gasteiger partial charge is 0.160 e. The van der Waals surface area contributed by atoms with Gasteiger partial charge in [0.1, 0.15) is 0 Å². The van der Waals surface area contributed by atoms with Crippen molar-refractivity contribution in [3.63, 3.8) is 0 Å². The molecular weight excluding hydrogens is 302 g/mol. The van der Waals surface area contributed by atoms with E-state index in [0.29, 0.717) is 0 Å². The second-order valence-corrected chi connectivity index (χ2v) is 7.26. The third kappa shape index (κ3) is 1.65. The van der Waals surface area contributed by atoms with Crippen LogP contribution in [0.15, 0.2) is 66.7 Å². The normalized spacial score (nSPS) is 13.5. The molecule has 0 fully saturated rings. The van der Waals surface area contributed by atoms with Crippen LogP contribution in [0, 0.1) is 6.92 Å². The largest absolute Gasteiger partial charge is 0.214 e. The summed E-state index contributed by atoms with van der Waals surface area (Å²) >= 11 is 0. The monoisotopic (exact) mass is 320 g/mol. The third-order valence-electron chi connectivity index (χ3n) is 5.93. The summed E-state index contributed by atoms with van der Waals surface area (Å²) in [5.41, 5.74) is 11.4. The second-order valence-electron chi connectivity index (χ2n) is 7.26. The van der Waals surface area contributed by atoms with E-state index in [1.807, 2.05) is 0 Å². The van der Waals surface area contributed by atoms with Gasteiger partial charge in [0.25, 0.3) is 0 Å². The fourth-order valence-corrected chi connectivity index (χ4v) is 4.85. The van der Waals surface area contributed by atoms with Crippen molar-refractivity contribution in [2.45, 2.75) is 19.8 Å². The summed E-state index contributed by atoms with van der Waals surface area (Å²) < 4.78 is 2.51. The van der Waals surface area contributed by atoms with Crippen molar-refractivity contribution in [1.29, 1.82) is 0 Å². The number of fused-ring (bicyclic) bond motifs is 8. The maximum Gasteiger partial charge on any atom is 0.214 e. The van der Waals surface area contributed by atoms with Crippen LogP contribution in [0.1, 0.15) is 28.1 Å². The van der Waals surface area contributed by atoms with E-state index in [9.17, 15) is 0 Å². The van der Waals surface area contributed by atoms with Gasteiger partial charge >= 0.3 is 0 Å². The number of nitrogens with zero attached hydrogens (tertiary/aromatic N) is 1. The Morgan fingerprint density at radius 3 is 2.60 bits per heavy atom. The number of hydrogen-bond donors (Lipinski definition) is 0. The van der Waals surface area contributed by atoms with Crippen molar-refractivity contribution in [2.24, 2.45) is 0 Å². The molecule has 118 valence electrons. The van der Waals surface area contributed by atoms with Crippen LogP contribution >= 0.6 is 0 Å². The predicted octanol–water partition coefficient (Wildman–Crippen LogP) is 4.90. The first-order valence-corrected chi connectivity index (χ1v) is 8.98. The van der Waals surface area contributed by atoms with Gasteiger partial charge in [0.2, 0.25) is 5.69 Å². The standard InChI is InChI=1S/C24H18N/c1-15-20-8-4-2-6-16(20)12-18-14-23-21(24(15)18)11-10-19-13-17-7-3-5-9-22(17)25(19)23/h2-12H,13-14H2,1H3/q+1. The van der Waals surface area contributed by atoms with Crippen LogP contribution in [-0.2, 0) is 12.8 Å². The molecule has 0 unspecified atom stereocenters. The first kappa shape index (κ1) is 13.4.